The van der Waals surface area contributed by atoms with Crippen molar-refractivity contribution in [2.24, 2.45) is 5.92 Å². The van der Waals surface area contributed by atoms with Crippen molar-refractivity contribution in [1.29, 1.82) is 0 Å². The number of rotatable bonds is 11. The van der Waals surface area contributed by atoms with Crippen molar-refractivity contribution in [2.75, 3.05) is 11.0 Å². The SMILES string of the molecule is CCOC(=O)CCC[C@H](C)C[I-][P+](c1ccccc1)(c1ccccc1)c1ccccc1. The zero-order valence-electron chi connectivity index (χ0n) is 18.4. The fourth-order valence-corrected chi connectivity index (χ4v) is 17.9. The quantitative estimate of drug-likeness (QED) is 0.160. The van der Waals surface area contributed by atoms with Crippen LogP contribution in [0.4, 0.5) is 0 Å². The van der Waals surface area contributed by atoms with Crippen molar-refractivity contribution in [3.05, 3.63) is 91.0 Å². The predicted molar refractivity (Wildman–Crippen MR) is 130 cm³/mol. The summed E-state index contributed by atoms with van der Waals surface area (Å²) in [4.78, 5) is 10.0. The number of benzene rings is 3. The van der Waals surface area contributed by atoms with E-state index in [4.69, 9.17) is 4.74 Å². The van der Waals surface area contributed by atoms with Gasteiger partial charge in [0.25, 0.3) is 0 Å². The Morgan fingerprint density at radius 1 is 0.839 bits per heavy atom. The number of esters is 1. The zero-order chi connectivity index (χ0) is 21.9. The fraction of sp³-hybridized carbons (Fsp3) is 0.296. The summed E-state index contributed by atoms with van der Waals surface area (Å²) in [5.74, 6) is 0.543. The van der Waals surface area contributed by atoms with E-state index in [0.717, 1.165) is 12.8 Å². The van der Waals surface area contributed by atoms with Crippen molar-refractivity contribution in [3.8, 4) is 0 Å². The van der Waals surface area contributed by atoms with E-state index in [1.54, 1.807) is 0 Å². The van der Waals surface area contributed by atoms with Crippen LogP contribution in [0.25, 0.3) is 0 Å². The van der Waals surface area contributed by atoms with Gasteiger partial charge in [-0.05, 0) is 0 Å². The van der Waals surface area contributed by atoms with Gasteiger partial charge in [-0.25, -0.2) is 0 Å². The molecule has 0 aromatic heterocycles. The van der Waals surface area contributed by atoms with Crippen molar-refractivity contribution in [3.63, 3.8) is 0 Å². The first-order chi connectivity index (χ1) is 15.2. The maximum absolute atomic E-state index is 11.7. The molecule has 3 aromatic carbocycles. The van der Waals surface area contributed by atoms with Crippen LogP contribution in [0, 0.1) is 5.92 Å². The maximum atomic E-state index is 11.7. The van der Waals surface area contributed by atoms with E-state index in [1.807, 2.05) is 6.92 Å². The van der Waals surface area contributed by atoms with Crippen LogP contribution in [0.2, 0.25) is 0 Å². The molecule has 0 heterocycles. The van der Waals surface area contributed by atoms with Crippen LogP contribution in [0.15, 0.2) is 91.0 Å². The molecule has 0 spiro atoms. The second-order valence-electron chi connectivity index (χ2n) is 7.67. The average molecular weight is 546 g/mol. The summed E-state index contributed by atoms with van der Waals surface area (Å²) >= 11 is -0.150. The van der Waals surface area contributed by atoms with Crippen LogP contribution in [0.1, 0.15) is 33.1 Å². The average Bonchev–Trinajstić information content (AvgIpc) is 2.82. The first kappa shape index (κ1) is 23.9. The van der Waals surface area contributed by atoms with Crippen molar-refractivity contribution >= 4 is 26.8 Å². The van der Waals surface area contributed by atoms with Crippen LogP contribution >= 0.6 is 4.90 Å². The number of hydrogen-bond acceptors (Lipinski definition) is 2. The second-order valence-corrected chi connectivity index (χ2v) is 17.9. The second kappa shape index (κ2) is 12.4. The number of ether oxygens (including phenoxy) is 1. The van der Waals surface area contributed by atoms with Gasteiger partial charge in [-0.2, -0.15) is 0 Å². The Bertz CT molecular complexity index is 819. The molecule has 0 saturated carbocycles. The molecule has 0 aliphatic heterocycles. The van der Waals surface area contributed by atoms with Gasteiger partial charge in [0.15, 0.2) is 0 Å². The predicted octanol–water partition coefficient (Wildman–Crippen LogP) is 2.35. The number of alkyl halides is 1. The summed E-state index contributed by atoms with van der Waals surface area (Å²) in [5.41, 5.74) is 0. The van der Waals surface area contributed by atoms with Crippen LogP contribution in [0.5, 0.6) is 0 Å². The fourth-order valence-electron chi connectivity index (χ4n) is 3.68. The summed E-state index contributed by atoms with van der Waals surface area (Å²) < 4.78 is 6.33. The van der Waals surface area contributed by atoms with E-state index < -0.39 is 4.90 Å². The minimum absolute atomic E-state index is 0.0656. The molecule has 0 radical (unpaired) electrons. The summed E-state index contributed by atoms with van der Waals surface area (Å²) in [6.45, 7) is 4.68. The topological polar surface area (TPSA) is 26.3 Å². The Hall–Kier alpha value is -1.71. The molecule has 3 aromatic rings. The van der Waals surface area contributed by atoms with Gasteiger partial charge in [0.2, 0.25) is 0 Å². The van der Waals surface area contributed by atoms with E-state index in [2.05, 4.69) is 97.9 Å². The van der Waals surface area contributed by atoms with Crippen molar-refractivity contribution in [2.45, 2.75) is 33.1 Å². The van der Waals surface area contributed by atoms with E-state index >= 15 is 0 Å². The minimum atomic E-state index is -1.65. The molecule has 4 heteroatoms. The number of carbonyl (C=O) groups is 1. The van der Waals surface area contributed by atoms with Gasteiger partial charge in [0.05, 0.1) is 0 Å². The molecule has 0 N–H and O–H groups in total. The van der Waals surface area contributed by atoms with Crippen LogP contribution < -0.4 is 36.6 Å². The Morgan fingerprint density at radius 2 is 1.29 bits per heavy atom. The molecule has 0 fully saturated rings. The molecule has 0 aliphatic rings. The molecule has 0 amide bonds. The third-order valence-electron chi connectivity index (χ3n) is 5.23. The van der Waals surface area contributed by atoms with E-state index in [0.29, 0.717) is 18.9 Å². The van der Waals surface area contributed by atoms with Gasteiger partial charge >= 0.3 is 198 Å². The van der Waals surface area contributed by atoms with Crippen LogP contribution in [-0.2, 0) is 9.53 Å². The molecule has 0 bridgehead atoms. The molecule has 164 valence electrons. The summed E-state index contributed by atoms with van der Waals surface area (Å²) in [7, 11) is 0. The Kier molecular flexibility index (Phi) is 9.54. The monoisotopic (exact) mass is 546 g/mol. The Balaban J connectivity index is 1.87. The molecular formula is C27H32IO2P. The first-order valence-electron chi connectivity index (χ1n) is 11.0. The van der Waals surface area contributed by atoms with Gasteiger partial charge in [-0.1, -0.05) is 0 Å². The van der Waals surface area contributed by atoms with E-state index in [1.165, 1.54) is 20.3 Å². The van der Waals surface area contributed by atoms with Gasteiger partial charge in [0.1, 0.15) is 0 Å². The molecule has 31 heavy (non-hydrogen) atoms. The van der Waals surface area contributed by atoms with Crippen LogP contribution in [0.3, 0.4) is 0 Å². The molecule has 0 aliphatic carbocycles. The molecule has 0 saturated heterocycles. The number of carbonyl (C=O) groups excluding carboxylic acids is 1. The summed E-state index contributed by atoms with van der Waals surface area (Å²) in [5, 5.41) is 4.46. The van der Waals surface area contributed by atoms with E-state index in [-0.39, 0.29) is 26.6 Å². The molecule has 2 nitrogen and oxygen atoms in total. The van der Waals surface area contributed by atoms with Crippen LogP contribution in [-0.4, -0.2) is 17.0 Å². The van der Waals surface area contributed by atoms with Gasteiger partial charge in [-0.3, -0.25) is 0 Å². The Morgan fingerprint density at radius 3 is 1.71 bits per heavy atom. The van der Waals surface area contributed by atoms with Gasteiger partial charge in [-0.15, -0.1) is 0 Å². The van der Waals surface area contributed by atoms with Crippen molar-refractivity contribution < 1.29 is 30.2 Å². The summed E-state index contributed by atoms with van der Waals surface area (Å²) in [6, 6.07) is 33.4. The normalized spacial score (nSPS) is 12.5. The third-order valence-corrected chi connectivity index (χ3v) is 19.5. The Labute approximate surface area is 197 Å². The number of hydrogen-bond donors (Lipinski definition) is 0. The third kappa shape index (κ3) is 6.40. The van der Waals surface area contributed by atoms with Gasteiger partial charge < -0.3 is 0 Å². The zero-order valence-corrected chi connectivity index (χ0v) is 21.5. The standard InChI is InChI=1S/C27H32IO2P/c1-3-30-27(29)21-13-14-23(2)22-28-31(24-15-7-4-8-16-24,25-17-9-5-10-18-25)26-19-11-6-12-20-26/h4-12,15-20,23H,3,13-14,21-22H2,1-2H3/t23-/m0/s1. The van der Waals surface area contributed by atoms with E-state index in [9.17, 15) is 4.79 Å². The number of halogens is 1. The molecule has 1 atom stereocenters. The molecular weight excluding hydrogens is 514 g/mol. The first-order valence-corrected chi connectivity index (χ1v) is 17.1. The van der Waals surface area contributed by atoms with Crippen molar-refractivity contribution in [1.82, 2.24) is 0 Å². The van der Waals surface area contributed by atoms with Gasteiger partial charge in [0, 0.05) is 0 Å². The molecule has 0 unspecified atom stereocenters. The summed E-state index contributed by atoms with van der Waals surface area (Å²) in [6.07, 6.45) is 2.53. The molecule has 3 rings (SSSR count).